The monoisotopic (exact) mass is 574 g/mol. The molecule has 220 valence electrons. The highest BCUT2D eigenvalue weighted by Crippen LogP contribution is 2.29. The quantitative estimate of drug-likeness (QED) is 0.154. The van der Waals surface area contributed by atoms with Crippen molar-refractivity contribution in [3.05, 3.63) is 94.0 Å². The molecule has 0 saturated heterocycles. The van der Waals surface area contributed by atoms with Crippen LogP contribution in [-0.4, -0.2) is 35.2 Å². The molecule has 0 spiro atoms. The van der Waals surface area contributed by atoms with Crippen LogP contribution >= 0.6 is 0 Å². The van der Waals surface area contributed by atoms with E-state index < -0.39 is 16.9 Å². The van der Waals surface area contributed by atoms with Crippen molar-refractivity contribution in [2.45, 2.75) is 45.1 Å². The standard InChI is InChI=1S/C31H34N4O7/c1-20(36)23-8-10-25(11-9-23)34-42-31(38)29(33-30(37)24-6-2-22(19-32)3-7-24)18-21-4-14-27(15-5-21)41-28-16-12-26(13-17-28)35(39)40/h4-5,8-17,22,24,29,34H,2-3,6-7,18-19,32H2,1H3,(H,33,37)/t22?,24?,29-/m0/s1. The molecule has 0 aliphatic heterocycles. The van der Waals surface area contributed by atoms with Gasteiger partial charge in [0.05, 0.1) is 10.6 Å². The van der Waals surface area contributed by atoms with Crippen molar-refractivity contribution in [1.82, 2.24) is 5.32 Å². The second-order valence-electron chi connectivity index (χ2n) is 10.4. The van der Waals surface area contributed by atoms with Crippen LogP contribution in [-0.2, 0) is 20.8 Å². The summed E-state index contributed by atoms with van der Waals surface area (Å²) in [4.78, 5) is 53.5. The van der Waals surface area contributed by atoms with Gasteiger partial charge < -0.3 is 20.6 Å². The molecule has 3 aromatic rings. The van der Waals surface area contributed by atoms with Gasteiger partial charge in [0.1, 0.15) is 17.5 Å². The maximum atomic E-state index is 13.2. The molecule has 0 unspecified atom stereocenters. The van der Waals surface area contributed by atoms with Gasteiger partial charge in [-0.3, -0.25) is 19.7 Å². The van der Waals surface area contributed by atoms with Gasteiger partial charge in [0, 0.05) is 30.0 Å². The molecule has 1 saturated carbocycles. The number of carbonyl (C=O) groups excluding carboxylic acids is 3. The van der Waals surface area contributed by atoms with Gasteiger partial charge >= 0.3 is 5.97 Å². The number of hydrogen-bond donors (Lipinski definition) is 3. The Kier molecular flexibility index (Phi) is 10.2. The molecule has 0 aromatic heterocycles. The summed E-state index contributed by atoms with van der Waals surface area (Å²) in [5, 5.41) is 13.7. The molecule has 1 atom stereocenters. The lowest BCUT2D eigenvalue weighted by atomic mass is 9.81. The van der Waals surface area contributed by atoms with Crippen LogP contribution in [0.25, 0.3) is 0 Å². The van der Waals surface area contributed by atoms with E-state index in [1.807, 2.05) is 0 Å². The van der Waals surface area contributed by atoms with Gasteiger partial charge in [0.2, 0.25) is 5.91 Å². The third kappa shape index (κ3) is 8.37. The number of nitro benzene ring substituents is 1. The van der Waals surface area contributed by atoms with Gasteiger partial charge in [0.15, 0.2) is 5.78 Å². The minimum atomic E-state index is -0.963. The Labute approximate surface area is 243 Å². The molecule has 0 bridgehead atoms. The summed E-state index contributed by atoms with van der Waals surface area (Å²) in [6.45, 7) is 2.07. The Morgan fingerprint density at radius 3 is 2.07 bits per heavy atom. The molecule has 4 N–H and O–H groups in total. The summed E-state index contributed by atoms with van der Waals surface area (Å²) in [5.41, 5.74) is 10.1. The van der Waals surface area contributed by atoms with Crippen LogP contribution in [0.5, 0.6) is 11.5 Å². The smallest absolute Gasteiger partial charge is 0.354 e. The zero-order chi connectivity index (χ0) is 30.1. The van der Waals surface area contributed by atoms with Crippen LogP contribution in [0, 0.1) is 22.0 Å². The molecule has 1 amide bonds. The van der Waals surface area contributed by atoms with E-state index in [2.05, 4.69) is 10.8 Å². The van der Waals surface area contributed by atoms with Crippen molar-refractivity contribution < 1.29 is 28.9 Å². The Bertz CT molecular complexity index is 1380. The van der Waals surface area contributed by atoms with E-state index in [4.69, 9.17) is 15.3 Å². The topological polar surface area (TPSA) is 163 Å². The number of Topliss-reactive ketones (excluding diaryl/α,β-unsaturated/α-hetero) is 1. The fourth-order valence-corrected chi connectivity index (χ4v) is 4.80. The zero-order valence-corrected chi connectivity index (χ0v) is 23.3. The van der Waals surface area contributed by atoms with E-state index in [0.29, 0.717) is 48.1 Å². The Morgan fingerprint density at radius 2 is 1.52 bits per heavy atom. The summed E-state index contributed by atoms with van der Waals surface area (Å²) >= 11 is 0. The van der Waals surface area contributed by atoms with E-state index in [9.17, 15) is 24.5 Å². The molecule has 1 aliphatic rings. The molecular formula is C31H34N4O7. The fourth-order valence-electron chi connectivity index (χ4n) is 4.80. The van der Waals surface area contributed by atoms with Crippen LogP contribution in [0.4, 0.5) is 11.4 Å². The van der Waals surface area contributed by atoms with Crippen molar-refractivity contribution >= 4 is 29.0 Å². The first-order chi connectivity index (χ1) is 20.2. The average molecular weight is 575 g/mol. The average Bonchev–Trinajstić information content (AvgIpc) is 3.01. The van der Waals surface area contributed by atoms with Gasteiger partial charge in [-0.25, -0.2) is 10.3 Å². The highest BCUT2D eigenvalue weighted by Gasteiger charge is 2.30. The van der Waals surface area contributed by atoms with Gasteiger partial charge in [-0.15, -0.1) is 0 Å². The minimum absolute atomic E-state index is 0.0346. The number of amides is 1. The van der Waals surface area contributed by atoms with E-state index in [-0.39, 0.29) is 29.7 Å². The van der Waals surface area contributed by atoms with Gasteiger partial charge in [-0.2, -0.15) is 0 Å². The van der Waals surface area contributed by atoms with Crippen LogP contribution < -0.4 is 21.3 Å². The molecule has 0 heterocycles. The van der Waals surface area contributed by atoms with Crippen LogP contribution in [0.15, 0.2) is 72.8 Å². The molecule has 4 rings (SSSR count). The van der Waals surface area contributed by atoms with Crippen LogP contribution in [0.2, 0.25) is 0 Å². The molecule has 3 aromatic carbocycles. The van der Waals surface area contributed by atoms with Crippen molar-refractivity contribution in [3.8, 4) is 11.5 Å². The van der Waals surface area contributed by atoms with Crippen LogP contribution in [0.3, 0.4) is 0 Å². The van der Waals surface area contributed by atoms with E-state index in [0.717, 1.165) is 18.4 Å². The SMILES string of the molecule is CC(=O)c1ccc(NOC(=O)[C@H](Cc2ccc(Oc3ccc([N+](=O)[O-])cc3)cc2)NC(=O)C2CCC(CN)CC2)cc1. The molecular weight excluding hydrogens is 540 g/mol. The van der Waals surface area contributed by atoms with Gasteiger partial charge in [0.25, 0.3) is 5.69 Å². The third-order valence-corrected chi connectivity index (χ3v) is 7.36. The zero-order valence-electron chi connectivity index (χ0n) is 23.3. The number of rotatable bonds is 12. The lowest BCUT2D eigenvalue weighted by Crippen LogP contribution is -2.47. The number of nitrogens with two attached hydrogens (primary N) is 1. The molecule has 11 heteroatoms. The predicted octanol–water partition coefficient (Wildman–Crippen LogP) is 4.95. The second-order valence-corrected chi connectivity index (χ2v) is 10.4. The lowest BCUT2D eigenvalue weighted by Gasteiger charge is -2.28. The van der Waals surface area contributed by atoms with Crippen molar-refractivity contribution in [2.75, 3.05) is 12.0 Å². The van der Waals surface area contributed by atoms with Gasteiger partial charge in [-0.05, 0) is 99.2 Å². The molecule has 1 aliphatic carbocycles. The predicted molar refractivity (Wildman–Crippen MR) is 156 cm³/mol. The Hall–Kier alpha value is -4.77. The highest BCUT2D eigenvalue weighted by atomic mass is 16.7. The van der Waals surface area contributed by atoms with Crippen molar-refractivity contribution in [3.63, 3.8) is 0 Å². The summed E-state index contributed by atoms with van der Waals surface area (Å²) in [5.74, 6) is 0.216. The summed E-state index contributed by atoms with van der Waals surface area (Å²) in [7, 11) is 0. The lowest BCUT2D eigenvalue weighted by molar-refractivity contribution is -0.384. The normalized spacial score (nSPS) is 17.0. The molecule has 42 heavy (non-hydrogen) atoms. The maximum absolute atomic E-state index is 13.2. The first-order valence-electron chi connectivity index (χ1n) is 13.8. The number of hydrogen-bond acceptors (Lipinski definition) is 9. The van der Waals surface area contributed by atoms with Gasteiger partial charge in [-0.1, -0.05) is 12.1 Å². The summed E-state index contributed by atoms with van der Waals surface area (Å²) in [6, 6.07) is 18.2. The molecule has 11 nitrogen and oxygen atoms in total. The summed E-state index contributed by atoms with van der Waals surface area (Å²) in [6.07, 6.45) is 3.34. The number of carbonyl (C=O) groups is 3. The first kappa shape index (κ1) is 30.2. The Balaban J connectivity index is 1.42. The molecule has 0 radical (unpaired) electrons. The highest BCUT2D eigenvalue weighted by molar-refractivity contribution is 5.94. The number of nitrogens with one attached hydrogen (secondary N) is 2. The number of benzene rings is 3. The van der Waals surface area contributed by atoms with Crippen molar-refractivity contribution in [2.24, 2.45) is 17.6 Å². The fraction of sp³-hybridized carbons (Fsp3) is 0.323. The number of nitro groups is 1. The number of nitrogens with zero attached hydrogens (tertiary/aromatic N) is 1. The first-order valence-corrected chi connectivity index (χ1v) is 13.8. The minimum Gasteiger partial charge on any atom is -0.457 e. The number of ether oxygens (including phenoxy) is 1. The third-order valence-electron chi connectivity index (χ3n) is 7.36. The number of anilines is 1. The summed E-state index contributed by atoms with van der Waals surface area (Å²) < 4.78 is 5.77. The van der Waals surface area contributed by atoms with E-state index in [1.54, 1.807) is 48.5 Å². The Morgan fingerprint density at radius 1 is 0.929 bits per heavy atom. The number of ketones is 1. The second kappa shape index (κ2) is 14.2. The van der Waals surface area contributed by atoms with Crippen molar-refractivity contribution in [1.29, 1.82) is 0 Å². The van der Waals surface area contributed by atoms with E-state index >= 15 is 0 Å². The van der Waals surface area contributed by atoms with E-state index in [1.165, 1.54) is 31.2 Å². The number of non-ortho nitro benzene ring substituents is 1. The van der Waals surface area contributed by atoms with Crippen LogP contribution in [0.1, 0.15) is 48.5 Å². The maximum Gasteiger partial charge on any atom is 0.354 e. The molecule has 1 fully saturated rings. The largest absolute Gasteiger partial charge is 0.457 e.